The molecular weight excluding hydrogens is 302 g/mol. The predicted molar refractivity (Wildman–Crippen MR) is 82.8 cm³/mol. The van der Waals surface area contributed by atoms with Gasteiger partial charge in [-0.05, 0) is 35.9 Å². The van der Waals surface area contributed by atoms with Crippen LogP contribution in [0, 0.1) is 10.1 Å². The van der Waals surface area contributed by atoms with Crippen molar-refractivity contribution in [3.63, 3.8) is 0 Å². The van der Waals surface area contributed by atoms with E-state index in [1.807, 2.05) is 0 Å². The fraction of sp³-hybridized carbons (Fsp3) is 0.0667. The van der Waals surface area contributed by atoms with E-state index in [0.717, 1.165) is 0 Å². The van der Waals surface area contributed by atoms with Gasteiger partial charge in [-0.1, -0.05) is 0 Å². The van der Waals surface area contributed by atoms with E-state index in [9.17, 15) is 20.0 Å². The van der Waals surface area contributed by atoms with Crippen LogP contribution >= 0.6 is 0 Å². The van der Waals surface area contributed by atoms with E-state index in [2.05, 4.69) is 10.5 Å². The molecule has 23 heavy (non-hydrogen) atoms. The van der Waals surface area contributed by atoms with E-state index in [4.69, 9.17) is 4.74 Å². The average molecular weight is 315 g/mol. The smallest absolute Gasteiger partial charge is 0.271 e. The lowest BCUT2D eigenvalue weighted by Crippen LogP contribution is -2.17. The lowest BCUT2D eigenvalue weighted by molar-refractivity contribution is -0.384. The summed E-state index contributed by atoms with van der Waals surface area (Å²) >= 11 is 0. The molecule has 2 aromatic rings. The molecule has 0 fully saturated rings. The van der Waals surface area contributed by atoms with Crippen LogP contribution in [0.1, 0.15) is 15.9 Å². The first-order valence-electron chi connectivity index (χ1n) is 6.46. The van der Waals surface area contributed by atoms with Crippen molar-refractivity contribution in [3.8, 4) is 11.5 Å². The van der Waals surface area contributed by atoms with Crippen molar-refractivity contribution in [1.82, 2.24) is 5.43 Å². The van der Waals surface area contributed by atoms with Gasteiger partial charge in [0, 0.05) is 17.7 Å². The van der Waals surface area contributed by atoms with Gasteiger partial charge in [-0.2, -0.15) is 5.10 Å². The van der Waals surface area contributed by atoms with Crippen LogP contribution in [0.15, 0.2) is 47.6 Å². The molecule has 8 nitrogen and oxygen atoms in total. The topological polar surface area (TPSA) is 114 Å². The van der Waals surface area contributed by atoms with Gasteiger partial charge in [0.2, 0.25) is 0 Å². The third kappa shape index (κ3) is 4.03. The zero-order chi connectivity index (χ0) is 16.8. The van der Waals surface area contributed by atoms with Gasteiger partial charge in [0.05, 0.1) is 18.2 Å². The van der Waals surface area contributed by atoms with E-state index in [-0.39, 0.29) is 22.7 Å². The minimum Gasteiger partial charge on any atom is -0.504 e. The van der Waals surface area contributed by atoms with E-state index in [1.54, 1.807) is 12.1 Å². The number of phenolic OH excluding ortho intramolecular Hbond substituents is 1. The molecule has 0 radical (unpaired) electrons. The van der Waals surface area contributed by atoms with Crippen LogP contribution < -0.4 is 10.2 Å². The number of nitro benzene ring substituents is 1. The van der Waals surface area contributed by atoms with Gasteiger partial charge < -0.3 is 9.84 Å². The van der Waals surface area contributed by atoms with Crippen LogP contribution in [-0.2, 0) is 0 Å². The zero-order valence-electron chi connectivity index (χ0n) is 12.1. The molecule has 0 spiro atoms. The van der Waals surface area contributed by atoms with Gasteiger partial charge >= 0.3 is 0 Å². The average Bonchev–Trinajstić information content (AvgIpc) is 2.56. The molecule has 0 bridgehead atoms. The van der Waals surface area contributed by atoms with E-state index >= 15 is 0 Å². The normalized spacial score (nSPS) is 10.5. The summed E-state index contributed by atoms with van der Waals surface area (Å²) in [4.78, 5) is 21.8. The summed E-state index contributed by atoms with van der Waals surface area (Å²) < 4.78 is 4.96. The molecule has 0 aliphatic carbocycles. The molecular formula is C15H13N3O5. The first kappa shape index (κ1) is 16.0. The molecule has 0 heterocycles. The number of nitro groups is 1. The second-order valence-corrected chi connectivity index (χ2v) is 4.43. The zero-order valence-corrected chi connectivity index (χ0v) is 12.1. The summed E-state index contributed by atoms with van der Waals surface area (Å²) in [6.07, 6.45) is 1.38. The second kappa shape index (κ2) is 7.03. The number of phenols is 1. The van der Waals surface area contributed by atoms with Crippen LogP contribution in [0.5, 0.6) is 11.5 Å². The minimum atomic E-state index is -0.544. The second-order valence-electron chi connectivity index (χ2n) is 4.43. The number of hydrogen-bond donors (Lipinski definition) is 2. The maximum absolute atomic E-state index is 11.8. The number of benzene rings is 2. The highest BCUT2D eigenvalue weighted by molar-refractivity contribution is 5.95. The molecule has 0 atom stereocenters. The molecule has 0 saturated carbocycles. The summed E-state index contributed by atoms with van der Waals surface area (Å²) in [7, 11) is 1.42. The Morgan fingerprint density at radius 1 is 1.30 bits per heavy atom. The Balaban J connectivity index is 2.02. The van der Waals surface area contributed by atoms with Gasteiger partial charge in [-0.15, -0.1) is 0 Å². The number of ether oxygens (including phenoxy) is 1. The van der Waals surface area contributed by atoms with E-state index < -0.39 is 10.8 Å². The number of amides is 1. The van der Waals surface area contributed by atoms with Crippen molar-refractivity contribution in [3.05, 3.63) is 63.7 Å². The SMILES string of the molecule is COc1cc(/C=N\NC(=O)c2ccc([N+](=O)[O-])cc2)ccc1O. The van der Waals surface area contributed by atoms with Crippen LogP contribution in [0.25, 0.3) is 0 Å². The van der Waals surface area contributed by atoms with Gasteiger partial charge in [0.1, 0.15) is 0 Å². The van der Waals surface area contributed by atoms with Crippen molar-refractivity contribution < 1.29 is 19.6 Å². The highest BCUT2D eigenvalue weighted by Crippen LogP contribution is 2.25. The van der Waals surface area contributed by atoms with Crippen LogP contribution in [0.3, 0.4) is 0 Å². The van der Waals surface area contributed by atoms with Crippen molar-refractivity contribution in [2.24, 2.45) is 5.10 Å². The monoisotopic (exact) mass is 315 g/mol. The standard InChI is InChI=1S/C15H13N3O5/c1-23-14-8-10(2-7-13(14)19)9-16-17-15(20)11-3-5-12(6-4-11)18(21)22/h2-9,19H,1H3,(H,17,20)/b16-9-. The largest absolute Gasteiger partial charge is 0.504 e. The third-order valence-electron chi connectivity index (χ3n) is 2.92. The number of hydrazone groups is 1. The number of nitrogens with zero attached hydrogens (tertiary/aromatic N) is 2. The van der Waals surface area contributed by atoms with Crippen molar-refractivity contribution in [2.45, 2.75) is 0 Å². The number of methoxy groups -OCH3 is 1. The fourth-order valence-corrected chi connectivity index (χ4v) is 1.74. The van der Waals surface area contributed by atoms with Crippen LogP contribution in [-0.4, -0.2) is 29.3 Å². The van der Waals surface area contributed by atoms with Crippen molar-refractivity contribution in [1.29, 1.82) is 0 Å². The molecule has 8 heteroatoms. The van der Waals surface area contributed by atoms with Gasteiger partial charge in [-0.3, -0.25) is 14.9 Å². The van der Waals surface area contributed by atoms with Crippen molar-refractivity contribution >= 4 is 17.8 Å². The Morgan fingerprint density at radius 2 is 2.00 bits per heavy atom. The molecule has 0 saturated heterocycles. The van der Waals surface area contributed by atoms with Crippen molar-refractivity contribution in [2.75, 3.05) is 7.11 Å². The van der Waals surface area contributed by atoms with Gasteiger partial charge in [-0.25, -0.2) is 5.43 Å². The molecule has 2 aromatic carbocycles. The van der Waals surface area contributed by atoms with E-state index in [1.165, 1.54) is 43.7 Å². The summed E-state index contributed by atoms with van der Waals surface area (Å²) in [5, 5.41) is 23.8. The first-order chi connectivity index (χ1) is 11.0. The van der Waals surface area contributed by atoms with Crippen LogP contribution in [0.2, 0.25) is 0 Å². The Bertz CT molecular complexity index is 756. The molecule has 0 aromatic heterocycles. The quantitative estimate of drug-likeness (QED) is 0.498. The molecule has 118 valence electrons. The number of non-ortho nitro benzene ring substituents is 1. The maximum Gasteiger partial charge on any atom is 0.271 e. The lowest BCUT2D eigenvalue weighted by Gasteiger charge is -2.03. The Hall–Kier alpha value is -3.42. The number of carbonyl (C=O) groups is 1. The number of carbonyl (C=O) groups excluding carboxylic acids is 1. The Kier molecular flexibility index (Phi) is 4.88. The first-order valence-corrected chi connectivity index (χ1v) is 6.46. The lowest BCUT2D eigenvalue weighted by atomic mass is 10.2. The van der Waals surface area contributed by atoms with Gasteiger partial charge in [0.25, 0.3) is 11.6 Å². The molecule has 0 aliphatic heterocycles. The number of aromatic hydroxyl groups is 1. The molecule has 2 N–H and O–H groups in total. The molecule has 0 unspecified atom stereocenters. The number of rotatable bonds is 5. The van der Waals surface area contributed by atoms with E-state index in [0.29, 0.717) is 5.56 Å². The Labute approximate surface area is 131 Å². The fourth-order valence-electron chi connectivity index (χ4n) is 1.74. The van der Waals surface area contributed by atoms with Crippen LogP contribution in [0.4, 0.5) is 5.69 Å². The summed E-state index contributed by atoms with van der Waals surface area (Å²) in [6, 6.07) is 9.75. The summed E-state index contributed by atoms with van der Waals surface area (Å²) in [6.45, 7) is 0. The number of nitrogens with one attached hydrogen (secondary N) is 1. The molecule has 0 aliphatic rings. The predicted octanol–water partition coefficient (Wildman–Crippen LogP) is 2.07. The third-order valence-corrected chi connectivity index (χ3v) is 2.92. The minimum absolute atomic E-state index is 0.000402. The summed E-state index contributed by atoms with van der Waals surface area (Å²) in [5.41, 5.74) is 3.07. The molecule has 2 rings (SSSR count). The Morgan fingerprint density at radius 3 is 2.61 bits per heavy atom. The molecule has 1 amide bonds. The number of hydrogen-bond acceptors (Lipinski definition) is 6. The van der Waals surface area contributed by atoms with Gasteiger partial charge in [0.15, 0.2) is 11.5 Å². The maximum atomic E-state index is 11.8. The summed E-state index contributed by atoms with van der Waals surface area (Å²) in [5.74, 6) is -0.211. The highest BCUT2D eigenvalue weighted by Gasteiger charge is 2.08. The highest BCUT2D eigenvalue weighted by atomic mass is 16.6.